The molecule has 1 saturated carbocycles. The Morgan fingerprint density at radius 2 is 2.00 bits per heavy atom. The van der Waals surface area contributed by atoms with Crippen LogP contribution in [0.15, 0.2) is 0 Å². The monoisotopic (exact) mass is 343 g/mol. The molecule has 0 spiro atoms. The molecular formula is C13H21BrF3NO. The normalized spacial score (nSPS) is 25.9. The van der Waals surface area contributed by atoms with Gasteiger partial charge in [0.15, 0.2) is 0 Å². The van der Waals surface area contributed by atoms with Crippen molar-refractivity contribution in [2.45, 2.75) is 56.5 Å². The van der Waals surface area contributed by atoms with Crippen LogP contribution in [0.4, 0.5) is 13.2 Å². The van der Waals surface area contributed by atoms with Crippen molar-refractivity contribution in [2.75, 3.05) is 6.54 Å². The Balaban J connectivity index is 2.53. The topological polar surface area (TPSA) is 29.1 Å². The van der Waals surface area contributed by atoms with Gasteiger partial charge in [-0.3, -0.25) is 4.79 Å². The van der Waals surface area contributed by atoms with Crippen molar-refractivity contribution in [3.05, 3.63) is 0 Å². The van der Waals surface area contributed by atoms with Crippen LogP contribution in [-0.2, 0) is 4.79 Å². The fraction of sp³-hybridized carbons (Fsp3) is 0.923. The number of carbonyl (C=O) groups excluding carboxylic acids is 1. The zero-order valence-corrected chi connectivity index (χ0v) is 12.7. The molecule has 1 aliphatic rings. The highest BCUT2D eigenvalue weighted by Crippen LogP contribution is 2.41. The predicted octanol–water partition coefficient (Wildman–Crippen LogP) is 4.03. The zero-order chi connectivity index (χ0) is 14.5. The molecule has 2 nitrogen and oxygen atoms in total. The highest BCUT2D eigenvalue weighted by Gasteiger charge is 2.47. The molecule has 1 fully saturated rings. The van der Waals surface area contributed by atoms with E-state index >= 15 is 0 Å². The summed E-state index contributed by atoms with van der Waals surface area (Å²) in [6.07, 6.45) is -0.707. The Kier molecular flexibility index (Phi) is 6.63. The second-order valence-corrected chi connectivity index (χ2v) is 6.47. The third kappa shape index (κ3) is 5.32. The molecule has 0 bridgehead atoms. The Labute approximate surface area is 120 Å². The number of nitrogens with one attached hydrogen (secondary N) is 1. The van der Waals surface area contributed by atoms with Gasteiger partial charge in [-0.25, -0.2) is 0 Å². The van der Waals surface area contributed by atoms with Gasteiger partial charge in [0.2, 0.25) is 5.91 Å². The van der Waals surface area contributed by atoms with Crippen molar-refractivity contribution in [1.82, 2.24) is 5.32 Å². The molecule has 1 amide bonds. The van der Waals surface area contributed by atoms with E-state index in [1.165, 1.54) is 0 Å². The predicted molar refractivity (Wildman–Crippen MR) is 72.1 cm³/mol. The van der Waals surface area contributed by atoms with Crippen molar-refractivity contribution in [2.24, 2.45) is 11.8 Å². The molecule has 0 heterocycles. The van der Waals surface area contributed by atoms with Crippen molar-refractivity contribution in [1.29, 1.82) is 0 Å². The number of amides is 1. The molecular weight excluding hydrogens is 323 g/mol. The first kappa shape index (κ1) is 16.8. The van der Waals surface area contributed by atoms with Gasteiger partial charge in [-0.15, -0.1) is 0 Å². The van der Waals surface area contributed by atoms with E-state index in [-0.39, 0.29) is 11.2 Å². The molecule has 0 radical (unpaired) electrons. The highest BCUT2D eigenvalue weighted by molar-refractivity contribution is 9.09. The largest absolute Gasteiger partial charge is 0.392 e. The lowest BCUT2D eigenvalue weighted by Gasteiger charge is -2.32. The number of carbonyl (C=O) groups is 1. The molecule has 0 aliphatic heterocycles. The summed E-state index contributed by atoms with van der Waals surface area (Å²) in [7, 11) is 0. The third-order valence-electron chi connectivity index (χ3n) is 3.62. The van der Waals surface area contributed by atoms with E-state index in [2.05, 4.69) is 21.2 Å². The van der Waals surface area contributed by atoms with Crippen LogP contribution in [0.3, 0.4) is 0 Å². The highest BCUT2D eigenvalue weighted by atomic mass is 79.9. The van der Waals surface area contributed by atoms with E-state index in [0.29, 0.717) is 25.8 Å². The fourth-order valence-corrected chi connectivity index (χ4v) is 3.21. The lowest BCUT2D eigenvalue weighted by Crippen LogP contribution is -2.43. The maximum Gasteiger partial charge on any atom is 0.392 e. The second-order valence-electron chi connectivity index (χ2n) is 5.17. The van der Waals surface area contributed by atoms with E-state index in [4.69, 9.17) is 0 Å². The standard InChI is InChI=1S/C13H21BrF3NO/c1-2-5-9(14)8-18-12(19)10-6-3-4-7-11(10)13(15,16)17/h9-11H,2-8H2,1H3,(H,18,19). The van der Waals surface area contributed by atoms with Gasteiger partial charge in [-0.05, 0) is 19.3 Å². The van der Waals surface area contributed by atoms with E-state index in [1.807, 2.05) is 6.92 Å². The summed E-state index contributed by atoms with van der Waals surface area (Å²) in [5, 5.41) is 2.65. The maximum atomic E-state index is 12.9. The van der Waals surface area contributed by atoms with E-state index < -0.39 is 23.9 Å². The summed E-state index contributed by atoms with van der Waals surface area (Å²) in [5.74, 6) is -2.82. The minimum Gasteiger partial charge on any atom is -0.355 e. The van der Waals surface area contributed by atoms with Gasteiger partial charge in [0.25, 0.3) is 0 Å². The molecule has 3 atom stereocenters. The average molecular weight is 344 g/mol. The van der Waals surface area contributed by atoms with Crippen LogP contribution in [0.2, 0.25) is 0 Å². The summed E-state index contributed by atoms with van der Waals surface area (Å²) >= 11 is 3.41. The van der Waals surface area contributed by atoms with E-state index in [1.54, 1.807) is 0 Å². The lowest BCUT2D eigenvalue weighted by molar-refractivity contribution is -0.198. The summed E-state index contributed by atoms with van der Waals surface area (Å²) in [4.78, 5) is 12.1. The van der Waals surface area contributed by atoms with Crippen LogP contribution < -0.4 is 5.32 Å². The van der Waals surface area contributed by atoms with E-state index in [0.717, 1.165) is 12.8 Å². The van der Waals surface area contributed by atoms with Crippen molar-refractivity contribution >= 4 is 21.8 Å². The van der Waals surface area contributed by atoms with Crippen molar-refractivity contribution < 1.29 is 18.0 Å². The number of hydrogen-bond acceptors (Lipinski definition) is 1. The second kappa shape index (κ2) is 7.50. The Morgan fingerprint density at radius 1 is 1.37 bits per heavy atom. The number of halogens is 4. The first-order valence-corrected chi connectivity index (χ1v) is 7.76. The SMILES string of the molecule is CCCC(Br)CNC(=O)C1CCCCC1C(F)(F)F. The molecule has 19 heavy (non-hydrogen) atoms. The summed E-state index contributed by atoms with van der Waals surface area (Å²) < 4.78 is 38.6. The fourth-order valence-electron chi connectivity index (χ4n) is 2.59. The van der Waals surface area contributed by atoms with Gasteiger partial charge in [0.1, 0.15) is 0 Å². The first-order chi connectivity index (χ1) is 8.86. The van der Waals surface area contributed by atoms with Crippen LogP contribution in [0, 0.1) is 11.8 Å². The maximum absolute atomic E-state index is 12.9. The van der Waals surface area contributed by atoms with Crippen molar-refractivity contribution in [3.8, 4) is 0 Å². The van der Waals surface area contributed by atoms with Crippen LogP contribution in [0.25, 0.3) is 0 Å². The molecule has 6 heteroatoms. The quantitative estimate of drug-likeness (QED) is 0.750. The van der Waals surface area contributed by atoms with Crippen LogP contribution in [0.5, 0.6) is 0 Å². The number of hydrogen-bond donors (Lipinski definition) is 1. The summed E-state index contributed by atoms with van der Waals surface area (Å²) in [6, 6.07) is 0. The van der Waals surface area contributed by atoms with Gasteiger partial charge in [-0.1, -0.05) is 42.1 Å². The summed E-state index contributed by atoms with van der Waals surface area (Å²) in [5.41, 5.74) is 0. The Hall–Kier alpha value is -0.260. The molecule has 0 aromatic carbocycles. The average Bonchev–Trinajstić information content (AvgIpc) is 2.35. The Morgan fingerprint density at radius 3 is 2.58 bits per heavy atom. The smallest absolute Gasteiger partial charge is 0.355 e. The minimum atomic E-state index is -4.26. The minimum absolute atomic E-state index is 0.0777. The van der Waals surface area contributed by atoms with Gasteiger partial charge < -0.3 is 5.32 Å². The lowest BCUT2D eigenvalue weighted by atomic mass is 9.78. The molecule has 1 rings (SSSR count). The number of alkyl halides is 4. The summed E-state index contributed by atoms with van der Waals surface area (Å²) in [6.45, 7) is 2.42. The van der Waals surface area contributed by atoms with Gasteiger partial charge in [0, 0.05) is 17.3 Å². The molecule has 1 aliphatic carbocycles. The molecule has 3 unspecified atom stereocenters. The zero-order valence-electron chi connectivity index (χ0n) is 11.1. The van der Waals surface area contributed by atoms with Gasteiger partial charge in [-0.2, -0.15) is 13.2 Å². The molecule has 0 aromatic heterocycles. The number of rotatable bonds is 5. The van der Waals surface area contributed by atoms with Crippen LogP contribution >= 0.6 is 15.9 Å². The van der Waals surface area contributed by atoms with Crippen LogP contribution in [-0.4, -0.2) is 23.5 Å². The third-order valence-corrected chi connectivity index (χ3v) is 4.40. The van der Waals surface area contributed by atoms with Gasteiger partial charge in [0.05, 0.1) is 5.92 Å². The molecule has 0 saturated heterocycles. The molecule has 0 aromatic rings. The van der Waals surface area contributed by atoms with E-state index in [9.17, 15) is 18.0 Å². The molecule has 112 valence electrons. The van der Waals surface area contributed by atoms with Gasteiger partial charge >= 0.3 is 6.18 Å². The van der Waals surface area contributed by atoms with Crippen LogP contribution in [0.1, 0.15) is 45.4 Å². The molecule has 1 N–H and O–H groups in total. The van der Waals surface area contributed by atoms with Crippen molar-refractivity contribution in [3.63, 3.8) is 0 Å². The Bertz CT molecular complexity index is 296. The first-order valence-electron chi connectivity index (χ1n) is 6.84.